The van der Waals surface area contributed by atoms with Crippen molar-refractivity contribution in [2.75, 3.05) is 29.5 Å². The standard InChI is InChI=1S/C25H27Cl2N5O5S/c1-3-9-38(35,36)22-11-21(30-15-31-22)29-12-18(25(34)37-4-2)10-16-5-7-17(8-6-16)24(33)32-23-19(26)13-28-14-20(23)27/h5-8,11,13-15,18H,3-4,9-10,12H2,1-2H3,(H,28,32,33)(H,29,30,31). The molecule has 1 unspecified atom stereocenters. The van der Waals surface area contributed by atoms with Gasteiger partial charge in [0.15, 0.2) is 14.9 Å². The molecule has 0 aliphatic rings. The Bertz CT molecular complexity index is 1370. The van der Waals surface area contributed by atoms with Crippen molar-refractivity contribution in [3.05, 3.63) is 70.2 Å². The van der Waals surface area contributed by atoms with Crippen molar-refractivity contribution in [1.82, 2.24) is 15.0 Å². The number of anilines is 2. The molecule has 13 heteroatoms. The number of amides is 1. The van der Waals surface area contributed by atoms with Gasteiger partial charge in [-0.15, -0.1) is 0 Å². The van der Waals surface area contributed by atoms with E-state index in [1.807, 2.05) is 0 Å². The van der Waals surface area contributed by atoms with E-state index in [0.29, 0.717) is 18.4 Å². The molecule has 202 valence electrons. The van der Waals surface area contributed by atoms with E-state index < -0.39 is 27.6 Å². The first-order valence-electron chi connectivity index (χ1n) is 11.8. The lowest BCUT2D eigenvalue weighted by molar-refractivity contribution is -0.147. The maximum atomic E-state index is 12.7. The van der Waals surface area contributed by atoms with Gasteiger partial charge in [-0.3, -0.25) is 14.6 Å². The molecule has 38 heavy (non-hydrogen) atoms. The summed E-state index contributed by atoms with van der Waals surface area (Å²) >= 11 is 12.1. The van der Waals surface area contributed by atoms with Crippen LogP contribution < -0.4 is 10.6 Å². The van der Waals surface area contributed by atoms with Gasteiger partial charge in [-0.2, -0.15) is 0 Å². The van der Waals surface area contributed by atoms with Crippen LogP contribution in [0, 0.1) is 5.92 Å². The van der Waals surface area contributed by atoms with Crippen LogP contribution in [0.15, 0.2) is 54.1 Å². The van der Waals surface area contributed by atoms with E-state index in [4.69, 9.17) is 27.9 Å². The molecule has 0 bridgehead atoms. The molecule has 0 radical (unpaired) electrons. The fraction of sp³-hybridized carbons (Fsp3) is 0.320. The number of aromatic nitrogens is 3. The molecule has 0 saturated carbocycles. The Labute approximate surface area is 231 Å². The number of rotatable bonds is 12. The number of carbonyl (C=O) groups excluding carboxylic acids is 2. The lowest BCUT2D eigenvalue weighted by Crippen LogP contribution is -2.27. The lowest BCUT2D eigenvalue weighted by atomic mass is 9.98. The Morgan fingerprint density at radius 2 is 1.74 bits per heavy atom. The molecule has 0 aliphatic carbocycles. The van der Waals surface area contributed by atoms with E-state index in [-0.39, 0.29) is 45.5 Å². The van der Waals surface area contributed by atoms with E-state index >= 15 is 0 Å². The van der Waals surface area contributed by atoms with E-state index in [1.165, 1.54) is 24.8 Å². The highest BCUT2D eigenvalue weighted by Crippen LogP contribution is 2.29. The molecular formula is C25H27Cl2N5O5S. The third-order valence-corrected chi connectivity index (χ3v) is 7.75. The molecule has 1 aromatic carbocycles. The molecule has 2 N–H and O–H groups in total. The molecule has 3 rings (SSSR count). The minimum absolute atomic E-state index is 0.0223. The number of hydrogen-bond acceptors (Lipinski definition) is 9. The maximum absolute atomic E-state index is 12.7. The second-order valence-electron chi connectivity index (χ2n) is 8.22. The summed E-state index contributed by atoms with van der Waals surface area (Å²) in [5.74, 6) is -1.17. The zero-order valence-corrected chi connectivity index (χ0v) is 23.1. The Balaban J connectivity index is 1.70. The van der Waals surface area contributed by atoms with E-state index in [2.05, 4.69) is 25.6 Å². The first-order chi connectivity index (χ1) is 18.1. The normalized spacial score (nSPS) is 12.0. The monoisotopic (exact) mass is 579 g/mol. The van der Waals surface area contributed by atoms with Gasteiger partial charge in [0.1, 0.15) is 12.1 Å². The molecule has 1 atom stereocenters. The van der Waals surface area contributed by atoms with Gasteiger partial charge in [-0.1, -0.05) is 42.3 Å². The fourth-order valence-corrected chi connectivity index (χ4v) is 5.20. The van der Waals surface area contributed by atoms with Gasteiger partial charge < -0.3 is 15.4 Å². The predicted octanol–water partition coefficient (Wildman–Crippen LogP) is 4.45. The van der Waals surface area contributed by atoms with Crippen LogP contribution in [-0.4, -0.2) is 54.2 Å². The summed E-state index contributed by atoms with van der Waals surface area (Å²) in [6.45, 7) is 3.84. The summed E-state index contributed by atoms with van der Waals surface area (Å²) in [6.07, 6.45) is 4.69. The Hall–Kier alpha value is -3.28. The largest absolute Gasteiger partial charge is 0.466 e. The average molecular weight is 580 g/mol. The maximum Gasteiger partial charge on any atom is 0.311 e. The number of sulfone groups is 1. The van der Waals surface area contributed by atoms with Gasteiger partial charge >= 0.3 is 5.97 Å². The molecule has 0 fully saturated rings. The first kappa shape index (κ1) is 29.3. The van der Waals surface area contributed by atoms with Gasteiger partial charge in [0.2, 0.25) is 0 Å². The van der Waals surface area contributed by atoms with Crippen molar-refractivity contribution in [1.29, 1.82) is 0 Å². The highest BCUT2D eigenvalue weighted by Gasteiger charge is 2.22. The van der Waals surface area contributed by atoms with Gasteiger partial charge in [0.05, 0.1) is 34.0 Å². The number of halogens is 2. The summed E-state index contributed by atoms with van der Waals surface area (Å²) in [4.78, 5) is 37.1. The van der Waals surface area contributed by atoms with Crippen LogP contribution in [0.5, 0.6) is 0 Å². The summed E-state index contributed by atoms with van der Waals surface area (Å²) < 4.78 is 29.9. The van der Waals surface area contributed by atoms with Gasteiger partial charge in [-0.05, 0) is 37.5 Å². The van der Waals surface area contributed by atoms with Crippen LogP contribution in [0.25, 0.3) is 0 Å². The highest BCUT2D eigenvalue weighted by atomic mass is 35.5. The second kappa shape index (κ2) is 13.5. The second-order valence-corrected chi connectivity index (χ2v) is 11.1. The SMILES string of the molecule is CCCS(=O)(=O)c1cc(NCC(Cc2ccc(C(=O)Nc3c(Cl)cncc3Cl)cc2)C(=O)OCC)ncn1. The fourth-order valence-electron chi connectivity index (χ4n) is 3.50. The van der Waals surface area contributed by atoms with E-state index in [0.717, 1.165) is 5.56 Å². The van der Waals surface area contributed by atoms with Crippen molar-refractivity contribution in [3.63, 3.8) is 0 Å². The molecular weight excluding hydrogens is 553 g/mol. The zero-order chi connectivity index (χ0) is 27.7. The van der Waals surface area contributed by atoms with Crippen LogP contribution in [0.3, 0.4) is 0 Å². The van der Waals surface area contributed by atoms with Gasteiger partial charge in [0.25, 0.3) is 5.91 Å². The Morgan fingerprint density at radius 3 is 2.37 bits per heavy atom. The number of esters is 1. The molecule has 2 aromatic heterocycles. The third-order valence-electron chi connectivity index (χ3n) is 5.37. The number of benzene rings is 1. The third kappa shape index (κ3) is 7.86. The van der Waals surface area contributed by atoms with Crippen molar-refractivity contribution < 1.29 is 22.7 Å². The smallest absolute Gasteiger partial charge is 0.311 e. The molecule has 10 nitrogen and oxygen atoms in total. The summed E-state index contributed by atoms with van der Waals surface area (Å²) in [5.41, 5.74) is 1.42. The van der Waals surface area contributed by atoms with Crippen LogP contribution in [0.2, 0.25) is 10.0 Å². The van der Waals surface area contributed by atoms with Crippen molar-refractivity contribution in [2.24, 2.45) is 5.92 Å². The van der Waals surface area contributed by atoms with Crippen molar-refractivity contribution in [2.45, 2.75) is 31.7 Å². The molecule has 0 spiro atoms. The lowest BCUT2D eigenvalue weighted by Gasteiger charge is -2.17. The molecule has 0 aliphatic heterocycles. The number of hydrogen-bond donors (Lipinski definition) is 2. The molecule has 1 amide bonds. The predicted molar refractivity (Wildman–Crippen MR) is 145 cm³/mol. The first-order valence-corrected chi connectivity index (χ1v) is 14.2. The summed E-state index contributed by atoms with van der Waals surface area (Å²) in [6, 6.07) is 8.06. The van der Waals surface area contributed by atoms with Crippen LogP contribution >= 0.6 is 23.2 Å². The molecule has 2 heterocycles. The average Bonchev–Trinajstić information content (AvgIpc) is 2.89. The van der Waals surface area contributed by atoms with E-state index in [9.17, 15) is 18.0 Å². The topological polar surface area (TPSA) is 140 Å². The van der Waals surface area contributed by atoms with Crippen LogP contribution in [-0.2, 0) is 25.8 Å². The Morgan fingerprint density at radius 1 is 1.05 bits per heavy atom. The van der Waals surface area contributed by atoms with Crippen LogP contribution in [0.1, 0.15) is 36.2 Å². The quantitative estimate of drug-likeness (QED) is 0.235. The Kier molecular flexibility index (Phi) is 10.4. The van der Waals surface area contributed by atoms with Gasteiger partial charge in [0, 0.05) is 30.6 Å². The number of pyridine rings is 1. The van der Waals surface area contributed by atoms with Crippen molar-refractivity contribution in [3.8, 4) is 0 Å². The molecule has 3 aromatic rings. The minimum atomic E-state index is -3.51. The number of carbonyl (C=O) groups is 2. The molecule has 0 saturated heterocycles. The number of nitrogens with zero attached hydrogens (tertiary/aromatic N) is 3. The minimum Gasteiger partial charge on any atom is -0.466 e. The van der Waals surface area contributed by atoms with E-state index in [1.54, 1.807) is 38.1 Å². The highest BCUT2D eigenvalue weighted by molar-refractivity contribution is 7.91. The van der Waals surface area contributed by atoms with Gasteiger partial charge in [-0.25, -0.2) is 18.4 Å². The van der Waals surface area contributed by atoms with Crippen LogP contribution in [0.4, 0.5) is 11.5 Å². The number of ether oxygens (including phenoxy) is 1. The summed E-state index contributed by atoms with van der Waals surface area (Å²) in [7, 11) is -3.51. The zero-order valence-electron chi connectivity index (χ0n) is 20.8. The van der Waals surface area contributed by atoms with Crippen molar-refractivity contribution >= 4 is 56.4 Å². The summed E-state index contributed by atoms with van der Waals surface area (Å²) in [5, 5.41) is 6.04. The number of nitrogens with one attached hydrogen (secondary N) is 2.